The van der Waals surface area contributed by atoms with E-state index in [1.54, 1.807) is 17.5 Å². The second-order valence-electron chi connectivity index (χ2n) is 5.61. The Hall–Kier alpha value is -2.73. The number of hydrogen-bond acceptors (Lipinski definition) is 5. The Bertz CT molecular complexity index is 926. The van der Waals surface area contributed by atoms with Crippen LogP contribution in [0.5, 0.6) is 0 Å². The van der Waals surface area contributed by atoms with Crippen LogP contribution in [0.15, 0.2) is 48.1 Å². The van der Waals surface area contributed by atoms with Crippen molar-refractivity contribution in [2.45, 2.75) is 19.4 Å². The maximum atomic E-state index is 12.0. The van der Waals surface area contributed by atoms with Gasteiger partial charge in [-0.3, -0.25) is 9.89 Å². The zero-order chi connectivity index (χ0) is 16.4. The van der Waals surface area contributed by atoms with Gasteiger partial charge in [0.2, 0.25) is 0 Å². The average molecular weight is 337 g/mol. The highest BCUT2D eigenvalue weighted by Gasteiger charge is 2.06. The van der Waals surface area contributed by atoms with Crippen molar-refractivity contribution < 1.29 is 9.53 Å². The van der Waals surface area contributed by atoms with Gasteiger partial charge in [0.05, 0.1) is 27.4 Å². The lowest BCUT2D eigenvalue weighted by Crippen LogP contribution is -2.05. The van der Waals surface area contributed by atoms with E-state index in [4.69, 9.17) is 4.74 Å². The van der Waals surface area contributed by atoms with Gasteiger partial charge in [-0.05, 0) is 41.8 Å². The molecule has 0 saturated heterocycles. The molecule has 0 aliphatic heterocycles. The number of benzene rings is 2. The average Bonchev–Trinajstić information content (AvgIpc) is 3.25. The first-order valence-electron chi connectivity index (χ1n) is 7.68. The van der Waals surface area contributed by atoms with Crippen LogP contribution in [-0.2, 0) is 22.6 Å². The summed E-state index contributed by atoms with van der Waals surface area (Å²) in [7, 11) is 0. The van der Waals surface area contributed by atoms with Crippen molar-refractivity contribution in [2.24, 2.45) is 0 Å². The SMILES string of the molecule is O=C(CCc1ccc2ncsc2c1)OCc1ccc2[nH]ncc2c1. The standard InChI is InChI=1S/C18H15N3O2S/c22-18(6-3-12-1-5-16-17(8-12)24-11-19-16)23-10-13-2-4-15-14(7-13)9-20-21-15/h1-2,4-5,7-9,11H,3,6,10H2,(H,20,21). The maximum Gasteiger partial charge on any atom is 0.306 e. The highest BCUT2D eigenvalue weighted by atomic mass is 32.1. The summed E-state index contributed by atoms with van der Waals surface area (Å²) < 4.78 is 6.52. The second-order valence-corrected chi connectivity index (χ2v) is 6.49. The summed E-state index contributed by atoms with van der Waals surface area (Å²) in [4.78, 5) is 16.2. The van der Waals surface area contributed by atoms with Crippen LogP contribution in [0.3, 0.4) is 0 Å². The van der Waals surface area contributed by atoms with Crippen LogP contribution in [0.4, 0.5) is 0 Å². The van der Waals surface area contributed by atoms with E-state index in [9.17, 15) is 4.79 Å². The molecule has 0 atom stereocenters. The van der Waals surface area contributed by atoms with Gasteiger partial charge in [-0.15, -0.1) is 11.3 Å². The summed E-state index contributed by atoms with van der Waals surface area (Å²) in [6.07, 6.45) is 2.81. The number of carbonyl (C=O) groups excluding carboxylic acids is 1. The number of H-pyrrole nitrogens is 1. The number of esters is 1. The van der Waals surface area contributed by atoms with Crippen molar-refractivity contribution in [3.05, 3.63) is 59.2 Å². The van der Waals surface area contributed by atoms with E-state index in [0.717, 1.165) is 32.2 Å². The predicted octanol–water partition coefficient (Wildman–Crippen LogP) is 3.85. The van der Waals surface area contributed by atoms with Gasteiger partial charge in [-0.2, -0.15) is 5.10 Å². The van der Waals surface area contributed by atoms with E-state index in [2.05, 4.69) is 21.2 Å². The number of fused-ring (bicyclic) bond motifs is 2. The minimum absolute atomic E-state index is 0.188. The Morgan fingerprint density at radius 2 is 2.08 bits per heavy atom. The fraction of sp³-hybridized carbons (Fsp3) is 0.167. The number of thiazole rings is 1. The lowest BCUT2D eigenvalue weighted by molar-refractivity contribution is -0.144. The molecule has 0 fully saturated rings. The Balaban J connectivity index is 1.32. The van der Waals surface area contributed by atoms with Crippen LogP contribution < -0.4 is 0 Å². The van der Waals surface area contributed by atoms with Gasteiger partial charge < -0.3 is 4.74 Å². The van der Waals surface area contributed by atoms with Crippen molar-refractivity contribution in [2.75, 3.05) is 0 Å². The Morgan fingerprint density at radius 1 is 1.17 bits per heavy atom. The fourth-order valence-corrected chi connectivity index (χ4v) is 3.36. The molecule has 0 aliphatic rings. The number of nitrogens with zero attached hydrogens (tertiary/aromatic N) is 2. The van der Waals surface area contributed by atoms with Gasteiger partial charge in [0.15, 0.2) is 0 Å². The van der Waals surface area contributed by atoms with Crippen LogP contribution in [0.2, 0.25) is 0 Å². The van der Waals surface area contributed by atoms with Gasteiger partial charge in [0, 0.05) is 11.8 Å². The van der Waals surface area contributed by atoms with Crippen LogP contribution in [-0.4, -0.2) is 21.2 Å². The Morgan fingerprint density at radius 3 is 3.04 bits per heavy atom. The third-order valence-corrected chi connectivity index (χ3v) is 4.71. The monoisotopic (exact) mass is 337 g/mol. The lowest BCUT2D eigenvalue weighted by Gasteiger charge is -2.05. The minimum Gasteiger partial charge on any atom is -0.461 e. The third kappa shape index (κ3) is 3.14. The molecule has 0 radical (unpaired) electrons. The zero-order valence-electron chi connectivity index (χ0n) is 12.9. The van der Waals surface area contributed by atoms with E-state index < -0.39 is 0 Å². The molecular weight excluding hydrogens is 322 g/mol. The molecule has 24 heavy (non-hydrogen) atoms. The first-order valence-corrected chi connectivity index (χ1v) is 8.56. The first-order chi connectivity index (χ1) is 11.8. The molecule has 0 unspecified atom stereocenters. The number of aromatic amines is 1. The number of carbonyl (C=O) groups is 1. The molecule has 2 aromatic heterocycles. The number of aromatic nitrogens is 3. The smallest absolute Gasteiger partial charge is 0.306 e. The molecule has 6 heteroatoms. The van der Waals surface area contributed by atoms with Crippen LogP contribution in [0, 0.1) is 0 Å². The van der Waals surface area contributed by atoms with Gasteiger partial charge >= 0.3 is 5.97 Å². The quantitative estimate of drug-likeness (QED) is 0.562. The topological polar surface area (TPSA) is 67.9 Å². The van der Waals surface area contributed by atoms with E-state index >= 15 is 0 Å². The van der Waals surface area contributed by atoms with Gasteiger partial charge in [-0.1, -0.05) is 12.1 Å². The van der Waals surface area contributed by atoms with Crippen molar-refractivity contribution in [3.8, 4) is 0 Å². The van der Waals surface area contributed by atoms with Crippen molar-refractivity contribution >= 4 is 38.4 Å². The minimum atomic E-state index is -0.188. The second kappa shape index (κ2) is 6.41. The summed E-state index contributed by atoms with van der Waals surface area (Å²) in [5.41, 5.74) is 5.90. The van der Waals surface area contributed by atoms with Crippen molar-refractivity contribution in [1.82, 2.24) is 15.2 Å². The summed E-state index contributed by atoms with van der Waals surface area (Å²) in [6.45, 7) is 0.286. The van der Waals surface area contributed by atoms with Gasteiger partial charge in [-0.25, -0.2) is 4.98 Å². The van der Waals surface area contributed by atoms with E-state index in [1.165, 1.54) is 0 Å². The predicted molar refractivity (Wildman–Crippen MR) is 93.8 cm³/mol. The number of nitrogens with one attached hydrogen (secondary N) is 1. The summed E-state index contributed by atoms with van der Waals surface area (Å²) >= 11 is 1.61. The molecule has 0 spiro atoms. The molecule has 4 aromatic rings. The molecule has 4 rings (SSSR count). The number of ether oxygens (including phenoxy) is 1. The van der Waals surface area contributed by atoms with Crippen LogP contribution in [0.25, 0.3) is 21.1 Å². The number of aryl methyl sites for hydroxylation is 1. The van der Waals surface area contributed by atoms with Crippen LogP contribution >= 0.6 is 11.3 Å². The molecule has 1 N–H and O–H groups in total. The lowest BCUT2D eigenvalue weighted by atomic mass is 10.1. The maximum absolute atomic E-state index is 12.0. The van der Waals surface area contributed by atoms with Gasteiger partial charge in [0.1, 0.15) is 6.61 Å². The van der Waals surface area contributed by atoms with E-state index in [0.29, 0.717) is 12.8 Å². The van der Waals surface area contributed by atoms with Gasteiger partial charge in [0.25, 0.3) is 0 Å². The highest BCUT2D eigenvalue weighted by Crippen LogP contribution is 2.20. The largest absolute Gasteiger partial charge is 0.461 e. The normalized spacial score (nSPS) is 11.2. The Kier molecular flexibility index (Phi) is 3.96. The molecule has 0 bridgehead atoms. The summed E-state index contributed by atoms with van der Waals surface area (Å²) in [6, 6.07) is 12.0. The molecule has 0 aliphatic carbocycles. The van der Waals surface area contributed by atoms with E-state index in [1.807, 2.05) is 35.8 Å². The summed E-state index contributed by atoms with van der Waals surface area (Å²) in [5.74, 6) is -0.188. The molecular formula is C18H15N3O2S. The molecule has 2 aromatic carbocycles. The molecule has 5 nitrogen and oxygen atoms in total. The number of rotatable bonds is 5. The molecule has 2 heterocycles. The fourth-order valence-electron chi connectivity index (χ4n) is 2.62. The van der Waals surface area contributed by atoms with Crippen LogP contribution in [0.1, 0.15) is 17.5 Å². The summed E-state index contributed by atoms with van der Waals surface area (Å²) in [5, 5.41) is 7.90. The molecule has 0 saturated carbocycles. The highest BCUT2D eigenvalue weighted by molar-refractivity contribution is 7.16. The third-order valence-electron chi connectivity index (χ3n) is 3.92. The van der Waals surface area contributed by atoms with Crippen molar-refractivity contribution in [3.63, 3.8) is 0 Å². The Labute approximate surface area is 142 Å². The first kappa shape index (κ1) is 14.8. The molecule has 0 amide bonds. The number of hydrogen-bond donors (Lipinski definition) is 1. The van der Waals surface area contributed by atoms with Crippen molar-refractivity contribution in [1.29, 1.82) is 0 Å². The molecule has 120 valence electrons. The van der Waals surface area contributed by atoms with E-state index in [-0.39, 0.29) is 12.6 Å². The zero-order valence-corrected chi connectivity index (χ0v) is 13.7.